The van der Waals surface area contributed by atoms with E-state index in [1.165, 1.54) is 0 Å². The number of nitrogens with zero attached hydrogens (tertiary/aromatic N) is 1. The molecule has 0 atom stereocenters. The minimum Gasteiger partial charge on any atom is -0.275 e. The van der Waals surface area contributed by atoms with E-state index in [0.717, 1.165) is 25.7 Å². The fourth-order valence-corrected chi connectivity index (χ4v) is 1.61. The Morgan fingerprint density at radius 2 is 2.00 bits per heavy atom. The second-order valence-corrected chi connectivity index (χ2v) is 4.42. The van der Waals surface area contributed by atoms with E-state index in [4.69, 9.17) is 5.14 Å². The summed E-state index contributed by atoms with van der Waals surface area (Å²) in [6.07, 6.45) is 4.96. The highest BCUT2D eigenvalue weighted by molar-refractivity contribution is 7.87. The van der Waals surface area contributed by atoms with Gasteiger partial charge in [-0.15, -0.1) is 0 Å². The molecule has 0 saturated heterocycles. The van der Waals surface area contributed by atoms with Crippen LogP contribution in [0, 0.1) is 0 Å². The minimum absolute atomic E-state index is 0.434. The van der Waals surface area contributed by atoms with Crippen molar-refractivity contribution < 1.29 is 8.42 Å². The van der Waals surface area contributed by atoms with Gasteiger partial charge < -0.3 is 0 Å². The summed E-state index contributed by atoms with van der Waals surface area (Å²) in [6, 6.07) is 0. The Hall–Kier alpha value is -0.620. The summed E-state index contributed by atoms with van der Waals surface area (Å²) in [7, 11) is -2.11. The van der Waals surface area contributed by atoms with Crippen molar-refractivity contribution in [3.8, 4) is 0 Å². The third-order valence-electron chi connectivity index (χ3n) is 1.80. The lowest BCUT2D eigenvalue weighted by Gasteiger charge is -2.06. The summed E-state index contributed by atoms with van der Waals surface area (Å²) < 4.78 is 23.5. The Balaban J connectivity index is 3.83. The van der Waals surface area contributed by atoms with Gasteiger partial charge in [0.25, 0.3) is 10.2 Å². The third-order valence-corrected chi connectivity index (χ3v) is 2.32. The molecule has 0 radical (unpaired) electrons. The Morgan fingerprint density at radius 3 is 2.43 bits per heavy atom. The fourth-order valence-electron chi connectivity index (χ4n) is 1.09. The zero-order chi connectivity index (χ0) is 11.0. The molecule has 6 heteroatoms. The fraction of sp³-hybridized carbons (Fsp3) is 0.875. The van der Waals surface area contributed by atoms with Crippen molar-refractivity contribution in [2.45, 2.75) is 39.0 Å². The third kappa shape index (κ3) is 8.00. The van der Waals surface area contributed by atoms with E-state index in [0.29, 0.717) is 12.3 Å². The molecule has 0 heterocycles. The summed E-state index contributed by atoms with van der Waals surface area (Å²) in [6.45, 7) is 2.12. The van der Waals surface area contributed by atoms with Crippen LogP contribution < -0.4 is 9.86 Å². The van der Waals surface area contributed by atoms with Gasteiger partial charge in [-0.3, -0.25) is 9.71 Å². The predicted molar refractivity (Wildman–Crippen MR) is 58.4 cm³/mol. The molecular weight excluding hydrogens is 202 g/mol. The Labute approximate surface area is 86.0 Å². The summed E-state index contributed by atoms with van der Waals surface area (Å²) in [5, 5.41) is 4.82. The summed E-state index contributed by atoms with van der Waals surface area (Å²) in [5.41, 5.74) is 0. The Morgan fingerprint density at radius 1 is 1.36 bits per heavy atom. The van der Waals surface area contributed by atoms with Gasteiger partial charge in [0.1, 0.15) is 5.84 Å². The van der Waals surface area contributed by atoms with Crippen LogP contribution in [0.4, 0.5) is 0 Å². The van der Waals surface area contributed by atoms with Crippen molar-refractivity contribution in [2.24, 2.45) is 10.1 Å². The van der Waals surface area contributed by atoms with Crippen LogP contribution in [0.2, 0.25) is 0 Å². The van der Waals surface area contributed by atoms with Crippen molar-refractivity contribution in [1.29, 1.82) is 0 Å². The molecule has 0 fully saturated rings. The van der Waals surface area contributed by atoms with Gasteiger partial charge in [-0.1, -0.05) is 26.2 Å². The van der Waals surface area contributed by atoms with Gasteiger partial charge in [-0.05, 0) is 6.42 Å². The van der Waals surface area contributed by atoms with Crippen LogP contribution in [-0.2, 0) is 10.2 Å². The maximum atomic E-state index is 10.7. The number of amidine groups is 1. The number of rotatable bonds is 6. The molecule has 0 aliphatic heterocycles. The normalized spacial score (nSPS) is 12.9. The zero-order valence-electron chi connectivity index (χ0n) is 8.78. The number of nitrogens with one attached hydrogen (secondary N) is 1. The SMILES string of the molecule is CCCCCCC(=NC)NS(N)(=O)=O. The smallest absolute Gasteiger partial charge is 0.275 e. The molecule has 0 aromatic heterocycles. The molecule has 0 amide bonds. The van der Waals surface area contributed by atoms with Crippen LogP contribution in [0.1, 0.15) is 39.0 Å². The van der Waals surface area contributed by atoms with Gasteiger partial charge >= 0.3 is 0 Å². The molecular formula is C8H19N3O2S. The van der Waals surface area contributed by atoms with E-state index < -0.39 is 10.2 Å². The van der Waals surface area contributed by atoms with E-state index in [9.17, 15) is 8.42 Å². The van der Waals surface area contributed by atoms with Gasteiger partial charge in [-0.2, -0.15) is 8.42 Å². The Bertz CT molecular complexity index is 272. The van der Waals surface area contributed by atoms with Gasteiger partial charge in [-0.25, -0.2) is 5.14 Å². The lowest BCUT2D eigenvalue weighted by Crippen LogP contribution is -2.36. The van der Waals surface area contributed by atoms with E-state index in [2.05, 4.69) is 16.6 Å². The van der Waals surface area contributed by atoms with Gasteiger partial charge in [0.2, 0.25) is 0 Å². The van der Waals surface area contributed by atoms with E-state index >= 15 is 0 Å². The molecule has 0 aromatic carbocycles. The summed E-state index contributed by atoms with van der Waals surface area (Å²) >= 11 is 0. The van der Waals surface area contributed by atoms with E-state index in [-0.39, 0.29) is 0 Å². The molecule has 0 aliphatic carbocycles. The lowest BCUT2D eigenvalue weighted by molar-refractivity contribution is 0.593. The first-order chi connectivity index (χ1) is 6.49. The number of unbranched alkanes of at least 4 members (excludes halogenated alkanes) is 3. The maximum absolute atomic E-state index is 10.7. The predicted octanol–water partition coefficient (Wildman–Crippen LogP) is 0.778. The van der Waals surface area contributed by atoms with Crippen molar-refractivity contribution in [3.63, 3.8) is 0 Å². The van der Waals surface area contributed by atoms with E-state index in [1.807, 2.05) is 0 Å². The van der Waals surface area contributed by atoms with Gasteiger partial charge in [0, 0.05) is 13.5 Å². The second kappa shape index (κ2) is 6.78. The monoisotopic (exact) mass is 221 g/mol. The number of hydrogen-bond donors (Lipinski definition) is 2. The maximum Gasteiger partial charge on any atom is 0.297 e. The van der Waals surface area contributed by atoms with Crippen LogP contribution in [0.3, 0.4) is 0 Å². The molecule has 3 N–H and O–H groups in total. The highest BCUT2D eigenvalue weighted by Gasteiger charge is 2.05. The first-order valence-electron chi connectivity index (χ1n) is 4.75. The first kappa shape index (κ1) is 13.4. The van der Waals surface area contributed by atoms with Gasteiger partial charge in [0.05, 0.1) is 0 Å². The molecule has 0 saturated carbocycles. The van der Waals surface area contributed by atoms with Crippen LogP contribution in [0.15, 0.2) is 4.99 Å². The molecule has 0 unspecified atom stereocenters. The standard InChI is InChI=1S/C8H19N3O2S/c1-3-4-5-6-7-8(10-2)11-14(9,12)13/h3-7H2,1-2H3,(H,10,11)(H2,9,12,13). The first-order valence-corrected chi connectivity index (χ1v) is 6.30. The van der Waals surface area contributed by atoms with Crippen LogP contribution in [0.5, 0.6) is 0 Å². The number of hydrogen-bond acceptors (Lipinski definition) is 3. The van der Waals surface area contributed by atoms with Crippen molar-refractivity contribution in [2.75, 3.05) is 7.05 Å². The topological polar surface area (TPSA) is 84.5 Å². The van der Waals surface area contributed by atoms with Crippen LogP contribution in [0.25, 0.3) is 0 Å². The Kier molecular flexibility index (Phi) is 6.48. The van der Waals surface area contributed by atoms with Crippen molar-refractivity contribution >= 4 is 16.0 Å². The summed E-state index contributed by atoms with van der Waals surface area (Å²) in [4.78, 5) is 3.82. The molecule has 0 bridgehead atoms. The second-order valence-electron chi connectivity index (χ2n) is 3.13. The van der Waals surface area contributed by atoms with E-state index in [1.54, 1.807) is 7.05 Å². The average Bonchev–Trinajstić information content (AvgIpc) is 2.08. The summed E-state index contributed by atoms with van der Waals surface area (Å²) in [5.74, 6) is 0.434. The molecule has 0 spiro atoms. The van der Waals surface area contributed by atoms with Gasteiger partial charge in [0.15, 0.2) is 0 Å². The highest BCUT2D eigenvalue weighted by atomic mass is 32.2. The number of aliphatic imine (C=N–C) groups is 1. The molecule has 5 nitrogen and oxygen atoms in total. The average molecular weight is 221 g/mol. The largest absolute Gasteiger partial charge is 0.297 e. The molecule has 0 rings (SSSR count). The quantitative estimate of drug-likeness (QED) is 0.394. The molecule has 0 aliphatic rings. The van der Waals surface area contributed by atoms with Crippen LogP contribution >= 0.6 is 0 Å². The molecule has 0 aromatic rings. The van der Waals surface area contributed by atoms with Crippen LogP contribution in [-0.4, -0.2) is 21.3 Å². The minimum atomic E-state index is -3.66. The molecule has 14 heavy (non-hydrogen) atoms. The lowest BCUT2D eigenvalue weighted by atomic mass is 10.1. The van der Waals surface area contributed by atoms with Crippen molar-refractivity contribution in [3.05, 3.63) is 0 Å². The van der Waals surface area contributed by atoms with Crippen molar-refractivity contribution in [1.82, 2.24) is 4.72 Å². The highest BCUT2D eigenvalue weighted by Crippen LogP contribution is 2.02. The number of nitrogens with two attached hydrogens (primary N) is 1. The zero-order valence-corrected chi connectivity index (χ0v) is 9.60. The molecule has 84 valence electrons.